The molecular formula is C21H25FN4O4S. The van der Waals surface area contributed by atoms with Crippen LogP contribution < -0.4 is 10.2 Å². The van der Waals surface area contributed by atoms with Crippen LogP contribution in [0.15, 0.2) is 30.5 Å². The Hall–Kier alpha value is -2.72. The Morgan fingerprint density at radius 3 is 2.74 bits per heavy atom. The highest BCUT2D eigenvalue weighted by molar-refractivity contribution is 7.89. The number of hydrogen-bond donors (Lipinski definition) is 3. The number of rotatable bonds is 4. The van der Waals surface area contributed by atoms with Gasteiger partial charge in [-0.2, -0.15) is 0 Å². The van der Waals surface area contributed by atoms with Crippen LogP contribution in [0.4, 0.5) is 4.39 Å². The third-order valence-corrected chi connectivity index (χ3v) is 6.73. The van der Waals surface area contributed by atoms with Crippen LogP contribution >= 0.6 is 0 Å². The lowest BCUT2D eigenvalue weighted by molar-refractivity contribution is 0.106. The van der Waals surface area contributed by atoms with E-state index in [-0.39, 0.29) is 17.8 Å². The third kappa shape index (κ3) is 4.80. The van der Waals surface area contributed by atoms with E-state index < -0.39 is 15.7 Å². The number of guanidine groups is 1. The standard InChI is InChI=1S/C21H25FN4O4S/c1-31(28,29)12-13-2-3-16(17(22)8-13)18-9-15-10-19(30-20(15)11-24-18)14-4-6-26(7-5-14)21(23)25-27/h2-3,8-9,11,14,19,27H,4-7,10,12H2,1H3,(H2,23,25). The first-order valence-corrected chi connectivity index (χ1v) is 12.2. The highest BCUT2D eigenvalue weighted by Crippen LogP contribution is 2.37. The van der Waals surface area contributed by atoms with Crippen LogP contribution in [0, 0.1) is 17.1 Å². The van der Waals surface area contributed by atoms with E-state index in [0.717, 1.165) is 24.7 Å². The van der Waals surface area contributed by atoms with Gasteiger partial charge in [0.1, 0.15) is 17.7 Å². The predicted molar refractivity (Wildman–Crippen MR) is 113 cm³/mol. The van der Waals surface area contributed by atoms with Crippen molar-refractivity contribution in [3.8, 4) is 17.0 Å². The molecule has 0 amide bonds. The molecule has 0 saturated carbocycles. The summed E-state index contributed by atoms with van der Waals surface area (Å²) in [6, 6.07) is 6.26. The van der Waals surface area contributed by atoms with Gasteiger partial charge in [-0.25, -0.2) is 18.3 Å². The molecule has 2 aromatic rings. The number of fused-ring (bicyclic) bond motifs is 1. The Morgan fingerprint density at radius 1 is 1.35 bits per heavy atom. The summed E-state index contributed by atoms with van der Waals surface area (Å²) in [6.45, 7) is 1.34. The van der Waals surface area contributed by atoms with E-state index in [2.05, 4.69) is 4.98 Å². The van der Waals surface area contributed by atoms with Gasteiger partial charge in [0.2, 0.25) is 5.96 Å². The molecule has 0 bridgehead atoms. The summed E-state index contributed by atoms with van der Waals surface area (Å²) in [7, 11) is -3.24. The molecule has 2 aliphatic rings. The van der Waals surface area contributed by atoms with Crippen molar-refractivity contribution in [1.82, 2.24) is 15.4 Å². The number of benzene rings is 1. The van der Waals surface area contributed by atoms with E-state index >= 15 is 0 Å². The number of likely N-dealkylation sites (tertiary alicyclic amines) is 1. The first-order valence-electron chi connectivity index (χ1n) is 10.1. The van der Waals surface area contributed by atoms with Gasteiger partial charge in [0.15, 0.2) is 9.84 Å². The number of hydroxylamine groups is 1. The smallest absolute Gasteiger partial charge is 0.215 e. The van der Waals surface area contributed by atoms with Crippen molar-refractivity contribution in [2.75, 3.05) is 19.3 Å². The second kappa shape index (κ2) is 8.43. The van der Waals surface area contributed by atoms with Crippen molar-refractivity contribution in [1.29, 1.82) is 5.41 Å². The van der Waals surface area contributed by atoms with Crippen LogP contribution in [-0.2, 0) is 22.0 Å². The summed E-state index contributed by atoms with van der Waals surface area (Å²) in [6.07, 6.45) is 5.15. The van der Waals surface area contributed by atoms with E-state index in [9.17, 15) is 12.8 Å². The normalized spacial score (nSPS) is 19.1. The zero-order valence-corrected chi connectivity index (χ0v) is 18.0. The SMILES string of the molecule is CS(=O)(=O)Cc1ccc(-c2cc3c(cn2)OC(C2CCN(C(=N)NO)CC2)C3)c(F)c1. The molecule has 4 rings (SSSR count). The van der Waals surface area contributed by atoms with E-state index in [1.165, 1.54) is 6.07 Å². The Bertz CT molecular complexity index is 1100. The van der Waals surface area contributed by atoms with Crippen molar-refractivity contribution < 1.29 is 22.8 Å². The summed E-state index contributed by atoms with van der Waals surface area (Å²) >= 11 is 0. The van der Waals surface area contributed by atoms with Crippen LogP contribution in [0.3, 0.4) is 0 Å². The van der Waals surface area contributed by atoms with Gasteiger partial charge in [-0.3, -0.25) is 15.6 Å². The largest absolute Gasteiger partial charge is 0.488 e. The number of aromatic nitrogens is 1. The number of piperidine rings is 1. The van der Waals surface area contributed by atoms with Crippen molar-refractivity contribution in [2.45, 2.75) is 31.1 Å². The van der Waals surface area contributed by atoms with Crippen LogP contribution in [0.5, 0.6) is 5.75 Å². The lowest BCUT2D eigenvalue weighted by atomic mass is 9.89. The monoisotopic (exact) mass is 448 g/mol. The summed E-state index contributed by atoms with van der Waals surface area (Å²) in [5.74, 6) is 0.328. The zero-order chi connectivity index (χ0) is 22.2. The molecule has 166 valence electrons. The van der Waals surface area contributed by atoms with Gasteiger partial charge in [0.25, 0.3) is 0 Å². The molecule has 0 spiro atoms. The van der Waals surface area contributed by atoms with Gasteiger partial charge < -0.3 is 9.64 Å². The number of ether oxygens (including phenoxy) is 1. The van der Waals surface area contributed by atoms with Crippen molar-refractivity contribution >= 4 is 15.8 Å². The van der Waals surface area contributed by atoms with Crippen LogP contribution in [0.2, 0.25) is 0 Å². The quantitative estimate of drug-likeness (QED) is 0.374. The lowest BCUT2D eigenvalue weighted by Gasteiger charge is -2.34. The summed E-state index contributed by atoms with van der Waals surface area (Å²) < 4.78 is 43.6. The minimum atomic E-state index is -3.24. The molecular weight excluding hydrogens is 423 g/mol. The maximum atomic E-state index is 14.7. The molecule has 3 heterocycles. The zero-order valence-electron chi connectivity index (χ0n) is 17.1. The van der Waals surface area contributed by atoms with Crippen molar-refractivity contribution in [3.63, 3.8) is 0 Å². The maximum Gasteiger partial charge on any atom is 0.215 e. The first-order chi connectivity index (χ1) is 14.7. The number of hydrogen-bond acceptors (Lipinski definition) is 6. The Balaban J connectivity index is 1.46. The second-order valence-corrected chi connectivity index (χ2v) is 10.3. The Labute approximate surface area is 180 Å². The molecule has 0 radical (unpaired) electrons. The second-order valence-electron chi connectivity index (χ2n) is 8.21. The molecule has 2 aliphatic heterocycles. The third-order valence-electron chi connectivity index (χ3n) is 5.87. The Morgan fingerprint density at radius 2 is 2.10 bits per heavy atom. The number of nitrogens with zero attached hydrogens (tertiary/aromatic N) is 2. The fraction of sp³-hybridized carbons (Fsp3) is 0.429. The first kappa shape index (κ1) is 21.5. The van der Waals surface area contributed by atoms with Gasteiger partial charge in [0, 0.05) is 36.9 Å². The van der Waals surface area contributed by atoms with Gasteiger partial charge in [-0.1, -0.05) is 6.07 Å². The molecule has 1 aromatic carbocycles. The molecule has 8 nitrogen and oxygen atoms in total. The average Bonchev–Trinajstić information content (AvgIpc) is 3.15. The molecule has 10 heteroatoms. The van der Waals surface area contributed by atoms with Gasteiger partial charge in [0.05, 0.1) is 17.6 Å². The van der Waals surface area contributed by atoms with Gasteiger partial charge in [-0.05, 0) is 42.5 Å². The predicted octanol–water partition coefficient (Wildman–Crippen LogP) is 2.36. The summed E-state index contributed by atoms with van der Waals surface area (Å²) in [5.41, 5.74) is 4.08. The van der Waals surface area contributed by atoms with E-state index in [1.54, 1.807) is 23.2 Å². The lowest BCUT2D eigenvalue weighted by Crippen LogP contribution is -2.46. The van der Waals surface area contributed by atoms with Gasteiger partial charge >= 0.3 is 0 Å². The van der Waals surface area contributed by atoms with Gasteiger partial charge in [-0.15, -0.1) is 0 Å². The van der Waals surface area contributed by atoms with E-state index in [1.807, 2.05) is 11.5 Å². The minimum Gasteiger partial charge on any atom is -0.488 e. The average molecular weight is 449 g/mol. The molecule has 1 saturated heterocycles. The van der Waals surface area contributed by atoms with Crippen LogP contribution in [-0.4, -0.2) is 54.9 Å². The molecule has 1 atom stereocenters. The fourth-order valence-electron chi connectivity index (χ4n) is 4.31. The maximum absolute atomic E-state index is 14.7. The Kier molecular flexibility index (Phi) is 5.85. The van der Waals surface area contributed by atoms with Crippen molar-refractivity contribution in [2.24, 2.45) is 5.92 Å². The summed E-state index contributed by atoms with van der Waals surface area (Å²) in [4.78, 5) is 6.14. The fourth-order valence-corrected chi connectivity index (χ4v) is 5.09. The molecule has 3 N–H and O–H groups in total. The minimum absolute atomic E-state index is 0.00690. The van der Waals surface area contributed by atoms with Crippen LogP contribution in [0.1, 0.15) is 24.0 Å². The highest BCUT2D eigenvalue weighted by Gasteiger charge is 2.34. The topological polar surface area (TPSA) is 116 Å². The number of pyridine rings is 1. The number of halogens is 1. The molecule has 1 unspecified atom stereocenters. The molecule has 0 aliphatic carbocycles. The number of nitrogens with one attached hydrogen (secondary N) is 2. The van der Waals surface area contributed by atoms with E-state index in [0.29, 0.717) is 48.0 Å². The van der Waals surface area contributed by atoms with Crippen molar-refractivity contribution in [3.05, 3.63) is 47.4 Å². The highest BCUT2D eigenvalue weighted by atomic mass is 32.2. The van der Waals surface area contributed by atoms with Crippen LogP contribution in [0.25, 0.3) is 11.3 Å². The molecule has 1 fully saturated rings. The number of sulfone groups is 1. The molecule has 31 heavy (non-hydrogen) atoms. The summed E-state index contributed by atoms with van der Waals surface area (Å²) in [5, 5.41) is 16.5. The molecule has 1 aromatic heterocycles. The van der Waals surface area contributed by atoms with E-state index in [4.69, 9.17) is 15.4 Å².